The predicted octanol–water partition coefficient (Wildman–Crippen LogP) is -3.86. The molecule has 0 aliphatic heterocycles. The molecule has 0 unspecified atom stereocenters. The summed E-state index contributed by atoms with van der Waals surface area (Å²) in [5.74, 6) is -2.10. The number of rotatable bonds is 2. The molecular weight excluding hydrogens is 149 g/mol. The summed E-state index contributed by atoms with van der Waals surface area (Å²) in [6, 6.07) is 0. The molecule has 0 atom stereocenters. The van der Waals surface area contributed by atoms with Crippen LogP contribution < -0.4 is 35.0 Å². The molecule has 1 amide bonds. The Morgan fingerprint density at radius 2 is 1.80 bits per heavy atom. The van der Waals surface area contributed by atoms with Gasteiger partial charge in [-0.15, -0.1) is 0 Å². The fourth-order valence-corrected chi connectivity index (χ4v) is 0.184. The van der Waals surface area contributed by atoms with E-state index in [1.54, 1.807) is 0 Å². The van der Waals surface area contributed by atoms with Gasteiger partial charge in [-0.2, -0.15) is 0 Å². The fraction of sp³-hybridized carbons (Fsp3) is 0. The normalized spacial score (nSPS) is 8.50. The summed E-state index contributed by atoms with van der Waals surface area (Å²) in [5, 5.41) is 15.7. The summed E-state index contributed by atoms with van der Waals surface area (Å²) in [7, 11) is 0. The number of nitrogens with one attached hydrogen (secondary N) is 1. The Morgan fingerprint density at radius 3 is 2.10 bits per heavy atom. The number of hydrogen-bond acceptors (Lipinski definition) is 3. The number of carbonyl (C=O) groups excluding carboxylic acids is 1. The molecule has 6 heteroatoms. The van der Waals surface area contributed by atoms with Crippen molar-refractivity contribution in [3.63, 3.8) is 0 Å². The molecule has 3 N–H and O–H groups in total. The van der Waals surface area contributed by atoms with Gasteiger partial charge in [-0.05, 0) is 0 Å². The Balaban J connectivity index is 0. The van der Waals surface area contributed by atoms with Crippen LogP contribution in [0.1, 0.15) is 0 Å². The second-order valence-corrected chi connectivity index (χ2v) is 1.15. The van der Waals surface area contributed by atoms with Crippen molar-refractivity contribution in [2.45, 2.75) is 0 Å². The third-order valence-electron chi connectivity index (χ3n) is 0.487. The molecule has 0 heterocycles. The molecule has 0 rings (SSSR count). The van der Waals surface area contributed by atoms with E-state index < -0.39 is 11.9 Å². The van der Waals surface area contributed by atoms with Crippen LogP contribution in [0.4, 0.5) is 0 Å². The maximum absolute atomic E-state index is 10.0. The summed E-state index contributed by atoms with van der Waals surface area (Å²) >= 11 is 0. The first kappa shape index (κ1) is 12.3. The zero-order valence-electron chi connectivity index (χ0n) is 5.37. The third-order valence-corrected chi connectivity index (χ3v) is 0.487. The Bertz CT molecular complexity index is 155. The van der Waals surface area contributed by atoms with Crippen LogP contribution in [-0.2, 0) is 9.59 Å². The van der Waals surface area contributed by atoms with Gasteiger partial charge >= 0.3 is 35.5 Å². The number of carboxylic acid groups (broad SMARTS) is 1. The van der Waals surface area contributed by atoms with Gasteiger partial charge in [-0.3, -0.25) is 10.0 Å². The van der Waals surface area contributed by atoms with E-state index in [2.05, 4.69) is 0 Å². The van der Waals surface area contributed by atoms with Crippen molar-refractivity contribution in [3.05, 3.63) is 12.2 Å². The van der Waals surface area contributed by atoms with Gasteiger partial charge in [0.2, 0.25) is 0 Å². The molecular formula is C4H5NNaO4+. The van der Waals surface area contributed by atoms with Crippen molar-refractivity contribution < 1.29 is 49.5 Å². The summed E-state index contributed by atoms with van der Waals surface area (Å²) in [4.78, 5) is 19.7. The van der Waals surface area contributed by atoms with Gasteiger partial charge in [0.15, 0.2) is 0 Å². The Hall–Kier alpha value is -0.360. The molecule has 50 valence electrons. The summed E-state index contributed by atoms with van der Waals surface area (Å²) < 4.78 is 0. The van der Waals surface area contributed by atoms with Crippen LogP contribution in [0.2, 0.25) is 0 Å². The molecule has 0 aromatic carbocycles. The van der Waals surface area contributed by atoms with Crippen LogP contribution in [0, 0.1) is 0 Å². The zero-order valence-corrected chi connectivity index (χ0v) is 7.37. The van der Waals surface area contributed by atoms with Crippen molar-refractivity contribution in [2.75, 3.05) is 0 Å². The molecule has 10 heavy (non-hydrogen) atoms. The van der Waals surface area contributed by atoms with E-state index in [0.29, 0.717) is 12.2 Å². The average Bonchev–Trinajstić information content (AvgIpc) is 1.83. The van der Waals surface area contributed by atoms with Crippen LogP contribution >= 0.6 is 0 Å². The van der Waals surface area contributed by atoms with Gasteiger partial charge in [0.1, 0.15) is 0 Å². The summed E-state index contributed by atoms with van der Waals surface area (Å²) in [6.45, 7) is 0. The van der Waals surface area contributed by atoms with Crippen molar-refractivity contribution >= 4 is 11.9 Å². The number of hydrogen-bond donors (Lipinski definition) is 3. The molecule has 0 aromatic heterocycles. The largest absolute Gasteiger partial charge is 1.00 e. The second kappa shape index (κ2) is 6.76. The SMILES string of the molecule is O=C(O)/C=C\C(=O)NO.[Na+]. The Morgan fingerprint density at radius 1 is 1.30 bits per heavy atom. The van der Waals surface area contributed by atoms with E-state index in [0.717, 1.165) is 0 Å². The second-order valence-electron chi connectivity index (χ2n) is 1.15. The van der Waals surface area contributed by atoms with E-state index in [-0.39, 0.29) is 29.6 Å². The third kappa shape index (κ3) is 7.64. The van der Waals surface area contributed by atoms with Crippen LogP contribution in [-0.4, -0.2) is 22.2 Å². The van der Waals surface area contributed by atoms with Crippen LogP contribution in [0.15, 0.2) is 12.2 Å². The molecule has 0 bridgehead atoms. The standard InChI is InChI=1S/C4H5NO4.Na/c6-3(5-9)1-2-4(7)8;/h1-2,9H,(H,5,6)(H,7,8);/q;+1/b2-1-;. The maximum Gasteiger partial charge on any atom is 1.00 e. The first-order valence-corrected chi connectivity index (χ1v) is 2.02. The monoisotopic (exact) mass is 154 g/mol. The number of hydroxylamine groups is 1. The molecule has 0 aromatic rings. The van der Waals surface area contributed by atoms with Crippen LogP contribution in [0.3, 0.4) is 0 Å². The van der Waals surface area contributed by atoms with E-state index >= 15 is 0 Å². The van der Waals surface area contributed by atoms with Gasteiger partial charge < -0.3 is 5.11 Å². The molecule has 0 radical (unpaired) electrons. The van der Waals surface area contributed by atoms with Gasteiger partial charge in [-0.1, -0.05) is 0 Å². The molecule has 0 fully saturated rings. The molecule has 0 saturated carbocycles. The minimum Gasteiger partial charge on any atom is -0.478 e. The first-order valence-electron chi connectivity index (χ1n) is 2.02. The van der Waals surface area contributed by atoms with Gasteiger partial charge in [-0.25, -0.2) is 10.3 Å². The van der Waals surface area contributed by atoms with Gasteiger partial charge in [0.25, 0.3) is 5.91 Å². The van der Waals surface area contributed by atoms with E-state index in [1.165, 1.54) is 5.48 Å². The topological polar surface area (TPSA) is 86.6 Å². The fourth-order valence-electron chi connectivity index (χ4n) is 0.184. The number of aliphatic carboxylic acids is 1. The summed E-state index contributed by atoms with van der Waals surface area (Å²) in [5.41, 5.74) is 1.23. The van der Waals surface area contributed by atoms with Gasteiger partial charge in [0.05, 0.1) is 0 Å². The smallest absolute Gasteiger partial charge is 0.478 e. The van der Waals surface area contributed by atoms with Crippen LogP contribution in [0.25, 0.3) is 0 Å². The quantitative estimate of drug-likeness (QED) is 0.164. The first-order chi connectivity index (χ1) is 4.16. The molecule has 0 saturated heterocycles. The van der Waals surface area contributed by atoms with Gasteiger partial charge in [0, 0.05) is 12.2 Å². The molecule has 0 aliphatic rings. The van der Waals surface area contributed by atoms with Crippen molar-refractivity contribution in [2.24, 2.45) is 0 Å². The molecule has 0 spiro atoms. The minimum atomic E-state index is -1.24. The zero-order chi connectivity index (χ0) is 7.28. The van der Waals surface area contributed by atoms with Crippen molar-refractivity contribution in [1.82, 2.24) is 5.48 Å². The van der Waals surface area contributed by atoms with E-state index in [9.17, 15) is 9.59 Å². The average molecular weight is 154 g/mol. The van der Waals surface area contributed by atoms with E-state index in [4.69, 9.17) is 10.3 Å². The van der Waals surface area contributed by atoms with Crippen molar-refractivity contribution in [3.8, 4) is 0 Å². The minimum absolute atomic E-state index is 0. The Kier molecular flexibility index (Phi) is 8.33. The number of carbonyl (C=O) groups is 2. The Labute approximate surface area is 79.0 Å². The summed E-state index contributed by atoms with van der Waals surface area (Å²) in [6.07, 6.45) is 1.31. The number of amides is 1. The van der Waals surface area contributed by atoms with Crippen molar-refractivity contribution in [1.29, 1.82) is 0 Å². The predicted molar refractivity (Wildman–Crippen MR) is 26.7 cm³/mol. The number of carboxylic acids is 1. The molecule has 0 aliphatic carbocycles. The maximum atomic E-state index is 10.0. The van der Waals surface area contributed by atoms with E-state index in [1.807, 2.05) is 0 Å². The van der Waals surface area contributed by atoms with Crippen LogP contribution in [0.5, 0.6) is 0 Å². The molecule has 5 nitrogen and oxygen atoms in total.